The third kappa shape index (κ3) is 4.80. The van der Waals surface area contributed by atoms with Gasteiger partial charge in [-0.1, -0.05) is 12.1 Å². The van der Waals surface area contributed by atoms with Crippen LogP contribution in [0.25, 0.3) is 11.8 Å². The van der Waals surface area contributed by atoms with E-state index in [4.69, 9.17) is 9.47 Å². The van der Waals surface area contributed by atoms with Crippen molar-refractivity contribution in [3.05, 3.63) is 87.7 Å². The molecule has 0 unspecified atom stereocenters. The molecule has 1 fully saturated rings. The molecule has 0 saturated carbocycles. The SMILES string of the molecule is COc1ccc(CCN2C(=O)NC(=O)/C(=C\c3cccn3-c3cccc([N+](=O)[O-])c3)C2=O)cc1OC. The van der Waals surface area contributed by atoms with E-state index in [0.717, 1.165) is 10.5 Å². The summed E-state index contributed by atoms with van der Waals surface area (Å²) in [6.45, 7) is 0.0245. The highest BCUT2D eigenvalue weighted by atomic mass is 16.6. The highest BCUT2D eigenvalue weighted by molar-refractivity contribution is 6.30. The van der Waals surface area contributed by atoms with Gasteiger partial charge in [0.1, 0.15) is 5.57 Å². The Hall–Kier alpha value is -4.93. The van der Waals surface area contributed by atoms with Gasteiger partial charge in [0.05, 0.1) is 24.8 Å². The van der Waals surface area contributed by atoms with Crippen molar-refractivity contribution in [2.24, 2.45) is 0 Å². The summed E-state index contributed by atoms with van der Waals surface area (Å²) in [4.78, 5) is 49.7. The van der Waals surface area contributed by atoms with Gasteiger partial charge in [-0.05, 0) is 48.4 Å². The number of nitro groups is 1. The number of rotatable bonds is 8. The Balaban J connectivity index is 1.59. The number of barbiturate groups is 1. The van der Waals surface area contributed by atoms with Crippen LogP contribution in [-0.2, 0) is 16.0 Å². The number of carbonyl (C=O) groups excluding carboxylic acids is 3. The summed E-state index contributed by atoms with van der Waals surface area (Å²) < 4.78 is 12.1. The van der Waals surface area contributed by atoms with Gasteiger partial charge in [-0.3, -0.25) is 29.9 Å². The van der Waals surface area contributed by atoms with Gasteiger partial charge in [0.25, 0.3) is 17.5 Å². The molecule has 184 valence electrons. The number of imide groups is 2. The Kier molecular flexibility index (Phi) is 6.81. The fourth-order valence-corrected chi connectivity index (χ4v) is 3.83. The Labute approximate surface area is 205 Å². The molecule has 0 bridgehead atoms. The highest BCUT2D eigenvalue weighted by Gasteiger charge is 2.35. The molecule has 3 aromatic rings. The molecule has 0 aliphatic carbocycles. The maximum atomic E-state index is 13.1. The first-order chi connectivity index (χ1) is 17.3. The monoisotopic (exact) mass is 490 g/mol. The summed E-state index contributed by atoms with van der Waals surface area (Å²) in [5, 5.41) is 13.3. The average Bonchev–Trinajstić information content (AvgIpc) is 3.34. The summed E-state index contributed by atoms with van der Waals surface area (Å²) >= 11 is 0. The van der Waals surface area contributed by atoms with Crippen LogP contribution in [0, 0.1) is 10.1 Å². The van der Waals surface area contributed by atoms with E-state index in [1.165, 1.54) is 38.5 Å². The molecule has 4 rings (SSSR count). The third-order valence-electron chi connectivity index (χ3n) is 5.65. The van der Waals surface area contributed by atoms with Crippen molar-refractivity contribution in [2.45, 2.75) is 6.42 Å². The number of hydrogen-bond donors (Lipinski definition) is 1. The molecule has 11 nitrogen and oxygen atoms in total. The van der Waals surface area contributed by atoms with Crippen LogP contribution in [0.4, 0.5) is 10.5 Å². The molecule has 1 saturated heterocycles. The highest BCUT2D eigenvalue weighted by Crippen LogP contribution is 2.28. The minimum atomic E-state index is -0.820. The van der Waals surface area contributed by atoms with E-state index in [9.17, 15) is 24.5 Å². The second-order valence-corrected chi connectivity index (χ2v) is 7.79. The summed E-state index contributed by atoms with van der Waals surface area (Å²) in [5.41, 5.74) is 1.38. The number of urea groups is 1. The van der Waals surface area contributed by atoms with E-state index in [2.05, 4.69) is 5.32 Å². The second kappa shape index (κ2) is 10.1. The Morgan fingerprint density at radius 2 is 1.78 bits per heavy atom. The predicted molar refractivity (Wildman–Crippen MR) is 129 cm³/mol. The van der Waals surface area contributed by atoms with E-state index < -0.39 is 22.8 Å². The number of amides is 4. The lowest BCUT2D eigenvalue weighted by atomic mass is 10.1. The summed E-state index contributed by atoms with van der Waals surface area (Å²) in [5.74, 6) is -0.493. The molecule has 1 N–H and O–H groups in total. The summed E-state index contributed by atoms with van der Waals surface area (Å²) in [6, 6.07) is 13.7. The zero-order valence-corrected chi connectivity index (χ0v) is 19.5. The average molecular weight is 490 g/mol. The van der Waals surface area contributed by atoms with E-state index >= 15 is 0 Å². The number of nitrogens with zero attached hydrogens (tertiary/aromatic N) is 3. The Bertz CT molecular complexity index is 1390. The molecular formula is C25H22N4O7. The zero-order valence-electron chi connectivity index (χ0n) is 19.5. The molecule has 4 amide bonds. The molecule has 1 aromatic heterocycles. The molecule has 11 heteroatoms. The van der Waals surface area contributed by atoms with Crippen LogP contribution in [0.1, 0.15) is 11.3 Å². The van der Waals surface area contributed by atoms with Crippen LogP contribution in [0.15, 0.2) is 66.4 Å². The molecule has 0 radical (unpaired) electrons. The van der Waals surface area contributed by atoms with Gasteiger partial charge in [0.15, 0.2) is 11.5 Å². The number of nitrogens with one attached hydrogen (secondary N) is 1. The van der Waals surface area contributed by atoms with Crippen LogP contribution in [0.3, 0.4) is 0 Å². The minimum Gasteiger partial charge on any atom is -0.493 e. The minimum absolute atomic E-state index is 0.0245. The first kappa shape index (κ1) is 24.2. The van der Waals surface area contributed by atoms with Crippen molar-refractivity contribution in [1.82, 2.24) is 14.8 Å². The largest absolute Gasteiger partial charge is 0.493 e. The second-order valence-electron chi connectivity index (χ2n) is 7.79. The van der Waals surface area contributed by atoms with Gasteiger partial charge in [0.2, 0.25) is 0 Å². The quantitative estimate of drug-likeness (QED) is 0.222. The van der Waals surface area contributed by atoms with Crippen molar-refractivity contribution in [3.63, 3.8) is 0 Å². The predicted octanol–water partition coefficient (Wildman–Crippen LogP) is 3.11. The van der Waals surface area contributed by atoms with Crippen LogP contribution in [0.5, 0.6) is 11.5 Å². The number of ether oxygens (including phenoxy) is 2. The number of non-ortho nitro benzene ring substituents is 1. The lowest BCUT2D eigenvalue weighted by Crippen LogP contribution is -2.54. The third-order valence-corrected chi connectivity index (χ3v) is 5.65. The normalized spacial score (nSPS) is 14.7. The van der Waals surface area contributed by atoms with Crippen molar-refractivity contribution in [1.29, 1.82) is 0 Å². The van der Waals surface area contributed by atoms with Gasteiger partial charge in [-0.15, -0.1) is 0 Å². The molecule has 2 heterocycles. The molecular weight excluding hydrogens is 468 g/mol. The number of carbonyl (C=O) groups is 3. The van der Waals surface area contributed by atoms with Crippen molar-refractivity contribution in [2.75, 3.05) is 20.8 Å². The molecule has 2 aromatic carbocycles. The van der Waals surface area contributed by atoms with Gasteiger partial charge >= 0.3 is 6.03 Å². The lowest BCUT2D eigenvalue weighted by Gasteiger charge is -2.26. The van der Waals surface area contributed by atoms with Crippen LogP contribution < -0.4 is 14.8 Å². The van der Waals surface area contributed by atoms with Gasteiger partial charge < -0.3 is 14.0 Å². The molecule has 1 aliphatic rings. The number of benzene rings is 2. The van der Waals surface area contributed by atoms with E-state index in [1.807, 2.05) is 0 Å². The van der Waals surface area contributed by atoms with Crippen LogP contribution in [0.2, 0.25) is 0 Å². The standard InChI is InChI=1S/C25H22N4O7/c1-35-21-9-8-16(13-22(21)36-2)10-12-28-24(31)20(23(30)26-25(28)32)15-18-7-4-11-27(18)17-5-3-6-19(14-17)29(33)34/h3-9,11,13-15H,10,12H2,1-2H3,(H,26,30,32)/b20-15+. The maximum Gasteiger partial charge on any atom is 0.331 e. The van der Waals surface area contributed by atoms with E-state index in [-0.39, 0.29) is 17.8 Å². The topological polar surface area (TPSA) is 133 Å². The fourth-order valence-electron chi connectivity index (χ4n) is 3.83. The van der Waals surface area contributed by atoms with Gasteiger partial charge in [-0.25, -0.2) is 4.79 Å². The number of aromatic nitrogens is 1. The van der Waals surface area contributed by atoms with Crippen molar-refractivity contribution < 1.29 is 28.8 Å². The van der Waals surface area contributed by atoms with Crippen LogP contribution >= 0.6 is 0 Å². The van der Waals surface area contributed by atoms with Crippen molar-refractivity contribution >= 4 is 29.6 Å². The Morgan fingerprint density at radius 3 is 2.50 bits per heavy atom. The summed E-state index contributed by atoms with van der Waals surface area (Å²) in [6.07, 6.45) is 3.33. The maximum absolute atomic E-state index is 13.1. The number of nitro benzene ring substituents is 1. The van der Waals surface area contributed by atoms with E-state index in [0.29, 0.717) is 29.3 Å². The zero-order chi connectivity index (χ0) is 25.8. The van der Waals surface area contributed by atoms with Crippen molar-refractivity contribution in [3.8, 4) is 17.2 Å². The van der Waals surface area contributed by atoms with E-state index in [1.54, 1.807) is 47.2 Å². The van der Waals surface area contributed by atoms with Crippen LogP contribution in [-0.4, -0.2) is 53.0 Å². The fraction of sp³-hybridized carbons (Fsp3) is 0.160. The number of hydrogen-bond acceptors (Lipinski definition) is 7. The number of methoxy groups -OCH3 is 2. The summed E-state index contributed by atoms with van der Waals surface area (Å²) in [7, 11) is 3.03. The lowest BCUT2D eigenvalue weighted by molar-refractivity contribution is -0.384. The molecule has 0 spiro atoms. The molecule has 36 heavy (non-hydrogen) atoms. The smallest absolute Gasteiger partial charge is 0.331 e. The first-order valence-corrected chi connectivity index (χ1v) is 10.8. The Morgan fingerprint density at radius 1 is 1.00 bits per heavy atom. The van der Waals surface area contributed by atoms with Gasteiger partial charge in [0, 0.05) is 30.6 Å². The molecule has 1 aliphatic heterocycles. The first-order valence-electron chi connectivity index (χ1n) is 10.8. The van der Waals surface area contributed by atoms with Gasteiger partial charge in [-0.2, -0.15) is 0 Å². The molecule has 0 atom stereocenters.